The van der Waals surface area contributed by atoms with Crippen molar-refractivity contribution in [3.63, 3.8) is 0 Å². The Morgan fingerprint density at radius 3 is 2.90 bits per heavy atom. The Morgan fingerprint density at radius 2 is 2.29 bits per heavy atom. The van der Waals surface area contributed by atoms with Crippen LogP contribution in [0, 0.1) is 10.1 Å². The molecule has 9 heteroatoms. The highest BCUT2D eigenvalue weighted by molar-refractivity contribution is 6.34. The van der Waals surface area contributed by atoms with Crippen LogP contribution in [0.15, 0.2) is 30.7 Å². The fourth-order valence-electron chi connectivity index (χ4n) is 1.65. The Morgan fingerprint density at radius 1 is 1.52 bits per heavy atom. The number of halogens is 1. The van der Waals surface area contributed by atoms with Crippen LogP contribution in [-0.4, -0.2) is 26.9 Å². The van der Waals surface area contributed by atoms with E-state index in [1.165, 1.54) is 24.5 Å². The summed E-state index contributed by atoms with van der Waals surface area (Å²) in [6.07, 6.45) is 3.06. The van der Waals surface area contributed by atoms with Crippen molar-refractivity contribution in [1.29, 1.82) is 0 Å². The van der Waals surface area contributed by atoms with E-state index in [0.717, 1.165) is 0 Å². The van der Waals surface area contributed by atoms with E-state index < -0.39 is 10.8 Å². The summed E-state index contributed by atoms with van der Waals surface area (Å²) in [7, 11) is 0. The van der Waals surface area contributed by atoms with E-state index in [1.807, 2.05) is 0 Å². The second-order valence-corrected chi connectivity index (χ2v) is 4.57. The van der Waals surface area contributed by atoms with Crippen molar-refractivity contribution < 1.29 is 9.72 Å². The van der Waals surface area contributed by atoms with Crippen LogP contribution >= 0.6 is 11.6 Å². The second-order valence-electron chi connectivity index (χ2n) is 4.16. The van der Waals surface area contributed by atoms with Gasteiger partial charge in [-0.15, -0.1) is 0 Å². The van der Waals surface area contributed by atoms with E-state index in [4.69, 9.17) is 17.3 Å². The van der Waals surface area contributed by atoms with E-state index in [2.05, 4.69) is 10.3 Å². The first kappa shape index (κ1) is 14.9. The van der Waals surface area contributed by atoms with Crippen LogP contribution in [0.4, 0.5) is 11.4 Å². The highest BCUT2D eigenvalue weighted by atomic mass is 35.5. The molecular formula is C12H12ClN5O3. The third-order valence-corrected chi connectivity index (χ3v) is 2.98. The summed E-state index contributed by atoms with van der Waals surface area (Å²) in [6.45, 7) is 0.990. The SMILES string of the molecule is NCCn1cnc(C(=O)Nc2ccc([N+](=O)[O-])cc2Cl)c1. The summed E-state index contributed by atoms with van der Waals surface area (Å²) in [4.78, 5) is 26.0. The minimum absolute atomic E-state index is 0.0824. The molecule has 0 radical (unpaired) electrons. The van der Waals surface area contributed by atoms with E-state index in [1.54, 1.807) is 10.8 Å². The van der Waals surface area contributed by atoms with Gasteiger partial charge in [-0.3, -0.25) is 14.9 Å². The zero-order valence-corrected chi connectivity index (χ0v) is 11.6. The van der Waals surface area contributed by atoms with Crippen LogP contribution in [0.1, 0.15) is 10.5 Å². The number of imidazole rings is 1. The predicted molar refractivity (Wildman–Crippen MR) is 77.3 cm³/mol. The Balaban J connectivity index is 2.13. The van der Waals surface area contributed by atoms with Gasteiger partial charge in [0.05, 0.1) is 22.0 Å². The number of nitrogens with two attached hydrogens (primary N) is 1. The van der Waals surface area contributed by atoms with Crippen molar-refractivity contribution in [1.82, 2.24) is 9.55 Å². The number of non-ortho nitro benzene ring substituents is 1. The molecule has 110 valence electrons. The molecule has 2 rings (SSSR count). The Kier molecular flexibility index (Phi) is 4.51. The lowest BCUT2D eigenvalue weighted by Gasteiger charge is -2.05. The summed E-state index contributed by atoms with van der Waals surface area (Å²) >= 11 is 5.90. The zero-order chi connectivity index (χ0) is 15.4. The molecule has 0 fully saturated rings. The number of carbonyl (C=O) groups is 1. The van der Waals surface area contributed by atoms with Gasteiger partial charge in [0.2, 0.25) is 0 Å². The van der Waals surface area contributed by atoms with Crippen LogP contribution in [-0.2, 0) is 6.54 Å². The molecule has 0 saturated heterocycles. The second kappa shape index (κ2) is 6.33. The van der Waals surface area contributed by atoms with Gasteiger partial charge >= 0.3 is 0 Å². The Hall–Kier alpha value is -2.45. The average Bonchev–Trinajstić information content (AvgIpc) is 2.90. The highest BCUT2D eigenvalue weighted by Crippen LogP contribution is 2.26. The first-order valence-corrected chi connectivity index (χ1v) is 6.36. The van der Waals surface area contributed by atoms with Gasteiger partial charge in [-0.05, 0) is 6.07 Å². The number of nitro groups is 1. The van der Waals surface area contributed by atoms with Crippen molar-refractivity contribution >= 4 is 28.9 Å². The van der Waals surface area contributed by atoms with Gasteiger partial charge in [0.1, 0.15) is 5.69 Å². The lowest BCUT2D eigenvalue weighted by atomic mass is 10.2. The molecule has 0 aliphatic carbocycles. The minimum Gasteiger partial charge on any atom is -0.335 e. The number of benzene rings is 1. The van der Waals surface area contributed by atoms with E-state index in [0.29, 0.717) is 13.1 Å². The van der Waals surface area contributed by atoms with Gasteiger partial charge < -0.3 is 15.6 Å². The van der Waals surface area contributed by atoms with Crippen LogP contribution < -0.4 is 11.1 Å². The van der Waals surface area contributed by atoms with Crippen LogP contribution in [0.5, 0.6) is 0 Å². The minimum atomic E-state index is -0.564. The molecule has 1 aromatic heterocycles. The maximum atomic E-state index is 12.0. The van der Waals surface area contributed by atoms with Crippen LogP contribution in [0.25, 0.3) is 0 Å². The molecule has 0 unspecified atom stereocenters. The fraction of sp³-hybridized carbons (Fsp3) is 0.167. The number of anilines is 1. The largest absolute Gasteiger partial charge is 0.335 e. The van der Waals surface area contributed by atoms with Crippen molar-refractivity contribution in [3.8, 4) is 0 Å². The van der Waals surface area contributed by atoms with Gasteiger partial charge in [-0.25, -0.2) is 4.98 Å². The molecule has 21 heavy (non-hydrogen) atoms. The van der Waals surface area contributed by atoms with E-state index in [-0.39, 0.29) is 22.1 Å². The number of hydrogen-bond acceptors (Lipinski definition) is 5. The molecule has 0 saturated carbocycles. The van der Waals surface area contributed by atoms with Gasteiger partial charge in [-0.2, -0.15) is 0 Å². The van der Waals surface area contributed by atoms with Crippen LogP contribution in [0.3, 0.4) is 0 Å². The van der Waals surface area contributed by atoms with Crippen molar-refractivity contribution in [2.45, 2.75) is 6.54 Å². The molecule has 1 amide bonds. The highest BCUT2D eigenvalue weighted by Gasteiger charge is 2.14. The zero-order valence-electron chi connectivity index (χ0n) is 10.8. The molecule has 2 aromatic rings. The Labute approximate surface area is 124 Å². The molecule has 3 N–H and O–H groups in total. The number of aromatic nitrogens is 2. The van der Waals surface area contributed by atoms with Crippen molar-refractivity contribution in [2.24, 2.45) is 5.73 Å². The summed E-state index contributed by atoms with van der Waals surface area (Å²) in [5, 5.41) is 13.2. The molecule has 0 spiro atoms. The Bertz CT molecular complexity index is 685. The van der Waals surface area contributed by atoms with Gasteiger partial charge in [0, 0.05) is 31.4 Å². The molecule has 1 aromatic carbocycles. The molecule has 0 aliphatic heterocycles. The maximum absolute atomic E-state index is 12.0. The topological polar surface area (TPSA) is 116 Å². The number of carbonyl (C=O) groups excluding carboxylic acids is 1. The fourth-order valence-corrected chi connectivity index (χ4v) is 1.88. The third kappa shape index (κ3) is 3.56. The summed E-state index contributed by atoms with van der Waals surface area (Å²) < 4.78 is 1.69. The van der Waals surface area contributed by atoms with Gasteiger partial charge in [0.25, 0.3) is 11.6 Å². The molecule has 0 aliphatic rings. The summed E-state index contributed by atoms with van der Waals surface area (Å²) in [6, 6.07) is 3.80. The van der Waals surface area contributed by atoms with Crippen molar-refractivity contribution in [3.05, 3.63) is 51.6 Å². The monoisotopic (exact) mass is 309 g/mol. The average molecular weight is 310 g/mol. The number of nitro benzene ring substituents is 1. The number of rotatable bonds is 5. The number of nitrogens with one attached hydrogen (secondary N) is 1. The molecule has 1 heterocycles. The standard InChI is InChI=1S/C12H12ClN5O3/c13-9-5-8(18(20)21)1-2-10(9)16-12(19)11-6-17(4-3-14)7-15-11/h1-2,5-7H,3-4,14H2,(H,16,19). The third-order valence-electron chi connectivity index (χ3n) is 2.66. The lowest BCUT2D eigenvalue weighted by Crippen LogP contribution is -2.13. The molecule has 8 nitrogen and oxygen atoms in total. The lowest BCUT2D eigenvalue weighted by molar-refractivity contribution is -0.384. The predicted octanol–water partition coefficient (Wildman–Crippen LogP) is 1.66. The summed E-state index contributed by atoms with van der Waals surface area (Å²) in [5.41, 5.74) is 5.74. The smallest absolute Gasteiger partial charge is 0.275 e. The number of hydrogen-bond donors (Lipinski definition) is 2. The molecule has 0 atom stereocenters. The van der Waals surface area contributed by atoms with E-state index >= 15 is 0 Å². The number of nitrogens with zero attached hydrogens (tertiary/aromatic N) is 3. The first-order valence-electron chi connectivity index (χ1n) is 5.98. The maximum Gasteiger partial charge on any atom is 0.275 e. The van der Waals surface area contributed by atoms with E-state index in [9.17, 15) is 14.9 Å². The van der Waals surface area contributed by atoms with Gasteiger partial charge in [-0.1, -0.05) is 11.6 Å². The molecular weight excluding hydrogens is 298 g/mol. The normalized spacial score (nSPS) is 10.4. The number of amides is 1. The quantitative estimate of drug-likeness (QED) is 0.643. The first-order chi connectivity index (χ1) is 10.0. The van der Waals surface area contributed by atoms with Crippen molar-refractivity contribution in [2.75, 3.05) is 11.9 Å². The molecule has 0 bridgehead atoms. The van der Waals surface area contributed by atoms with Gasteiger partial charge in [0.15, 0.2) is 0 Å². The van der Waals surface area contributed by atoms with Crippen LogP contribution in [0.2, 0.25) is 5.02 Å². The summed E-state index contributed by atoms with van der Waals surface area (Å²) in [5.74, 6) is -0.457.